The van der Waals surface area contributed by atoms with Gasteiger partial charge in [-0.05, 0) is 37.6 Å². The number of amides is 1. The van der Waals surface area contributed by atoms with Gasteiger partial charge in [-0.2, -0.15) is 0 Å². The second kappa shape index (κ2) is 7.62. The van der Waals surface area contributed by atoms with Gasteiger partial charge in [0.2, 0.25) is 10.9 Å². The van der Waals surface area contributed by atoms with Crippen LogP contribution in [0.25, 0.3) is 15.2 Å². The highest BCUT2D eigenvalue weighted by Crippen LogP contribution is 2.33. The molecule has 9 heteroatoms. The van der Waals surface area contributed by atoms with Crippen LogP contribution in [0.1, 0.15) is 12.5 Å². The average Bonchev–Trinajstić information content (AvgIpc) is 3.24. The predicted octanol–water partition coefficient (Wildman–Crippen LogP) is 5.03. The maximum absolute atomic E-state index is 12.8. The Morgan fingerprint density at radius 3 is 2.89 bits per heavy atom. The van der Waals surface area contributed by atoms with Crippen LogP contribution in [0, 0.1) is 6.92 Å². The van der Waals surface area contributed by atoms with E-state index in [9.17, 15) is 4.79 Å². The molecule has 2 aromatic heterocycles. The normalized spacial score (nSPS) is 12.4. The minimum atomic E-state index is -0.383. The molecule has 4 aromatic rings. The van der Waals surface area contributed by atoms with Crippen LogP contribution in [0.15, 0.2) is 41.6 Å². The molecule has 0 fully saturated rings. The number of anilines is 1. The Bertz CT molecular complexity index is 1190. The maximum atomic E-state index is 12.8. The van der Waals surface area contributed by atoms with E-state index in [2.05, 4.69) is 21.6 Å². The smallest absolute Gasteiger partial charge is 0.237 e. The van der Waals surface area contributed by atoms with E-state index in [0.717, 1.165) is 20.7 Å². The van der Waals surface area contributed by atoms with Crippen LogP contribution in [-0.2, 0) is 4.79 Å². The lowest BCUT2D eigenvalue weighted by Crippen LogP contribution is -2.23. The minimum absolute atomic E-state index is 0.152. The van der Waals surface area contributed by atoms with Crippen LogP contribution in [0.5, 0.6) is 5.75 Å². The molecule has 6 nitrogen and oxygen atoms in total. The van der Waals surface area contributed by atoms with E-state index >= 15 is 0 Å². The highest BCUT2D eigenvalue weighted by Gasteiger charge is 2.21. The summed E-state index contributed by atoms with van der Waals surface area (Å²) in [6, 6.07) is 11.6. The Kier molecular flexibility index (Phi) is 5.18. The molecule has 0 saturated heterocycles. The molecular weight excluding hydrogens is 416 g/mol. The van der Waals surface area contributed by atoms with Crippen LogP contribution in [0.2, 0.25) is 5.02 Å². The molecule has 0 aliphatic carbocycles. The van der Waals surface area contributed by atoms with Crippen molar-refractivity contribution in [2.75, 3.05) is 12.4 Å². The number of thiazole rings is 1. The lowest BCUT2D eigenvalue weighted by molar-refractivity contribution is -0.115. The van der Waals surface area contributed by atoms with Gasteiger partial charge in [0.05, 0.1) is 28.3 Å². The number of thioether (sulfide) groups is 1. The highest BCUT2D eigenvalue weighted by atomic mass is 35.5. The molecule has 0 bridgehead atoms. The number of aryl methyl sites for hydroxylation is 1. The van der Waals surface area contributed by atoms with Gasteiger partial charge in [0, 0.05) is 11.1 Å². The van der Waals surface area contributed by atoms with Crippen molar-refractivity contribution in [2.45, 2.75) is 24.3 Å². The summed E-state index contributed by atoms with van der Waals surface area (Å²) < 4.78 is 8.45. The molecule has 0 unspecified atom stereocenters. The van der Waals surface area contributed by atoms with Crippen molar-refractivity contribution in [1.29, 1.82) is 0 Å². The van der Waals surface area contributed by atoms with E-state index in [1.165, 1.54) is 11.8 Å². The van der Waals surface area contributed by atoms with Gasteiger partial charge in [0.15, 0.2) is 5.16 Å². The quantitative estimate of drug-likeness (QED) is 0.448. The zero-order valence-electron chi connectivity index (χ0n) is 15.4. The van der Waals surface area contributed by atoms with Crippen molar-refractivity contribution in [3.05, 3.63) is 47.0 Å². The molecule has 0 aliphatic heterocycles. The number of hydrogen-bond donors (Lipinski definition) is 1. The van der Waals surface area contributed by atoms with Crippen LogP contribution in [0.4, 0.5) is 5.69 Å². The van der Waals surface area contributed by atoms with Gasteiger partial charge in [-0.3, -0.25) is 9.20 Å². The van der Waals surface area contributed by atoms with Gasteiger partial charge in [-0.15, -0.1) is 10.2 Å². The van der Waals surface area contributed by atoms with E-state index in [0.29, 0.717) is 21.6 Å². The summed E-state index contributed by atoms with van der Waals surface area (Å²) in [5, 5.41) is 12.3. The van der Waals surface area contributed by atoms with Gasteiger partial charge in [-0.25, -0.2) is 0 Å². The molecule has 2 heterocycles. The zero-order valence-corrected chi connectivity index (χ0v) is 17.8. The van der Waals surface area contributed by atoms with E-state index in [1.54, 1.807) is 30.6 Å². The average molecular weight is 433 g/mol. The largest absolute Gasteiger partial charge is 0.495 e. The summed E-state index contributed by atoms with van der Waals surface area (Å²) in [6.45, 7) is 3.72. The summed E-state index contributed by atoms with van der Waals surface area (Å²) in [6.07, 6.45) is 0. The van der Waals surface area contributed by atoms with Gasteiger partial charge >= 0.3 is 0 Å². The minimum Gasteiger partial charge on any atom is -0.495 e. The van der Waals surface area contributed by atoms with Crippen molar-refractivity contribution < 1.29 is 9.53 Å². The van der Waals surface area contributed by atoms with Crippen molar-refractivity contribution in [2.24, 2.45) is 0 Å². The zero-order chi connectivity index (χ0) is 19.8. The first kappa shape index (κ1) is 19.0. The van der Waals surface area contributed by atoms with Crippen molar-refractivity contribution in [3.8, 4) is 5.75 Å². The Labute approximate surface area is 174 Å². The number of rotatable bonds is 5. The number of carbonyl (C=O) groups is 1. The second-order valence-electron chi connectivity index (χ2n) is 6.22. The van der Waals surface area contributed by atoms with Gasteiger partial charge in [0.1, 0.15) is 5.75 Å². The molecule has 0 aliphatic rings. The third-order valence-electron chi connectivity index (χ3n) is 4.30. The van der Waals surface area contributed by atoms with Gasteiger partial charge in [0.25, 0.3) is 0 Å². The molecule has 0 radical (unpaired) electrons. The number of halogens is 1. The molecule has 4 rings (SSSR count). The highest BCUT2D eigenvalue weighted by molar-refractivity contribution is 8.00. The van der Waals surface area contributed by atoms with Crippen LogP contribution >= 0.6 is 34.7 Å². The summed E-state index contributed by atoms with van der Waals surface area (Å²) in [4.78, 5) is 13.6. The fraction of sp³-hybridized carbons (Fsp3) is 0.211. The SMILES string of the molecule is COc1cc(Cl)c(C)cc1NC(=O)[C@H](C)Sc1nnc2sc3ccccc3n12. The summed E-state index contributed by atoms with van der Waals surface area (Å²) in [5.41, 5.74) is 2.49. The number of aromatic nitrogens is 3. The molecule has 0 spiro atoms. The molecule has 0 saturated carbocycles. The number of nitrogens with zero attached hydrogens (tertiary/aromatic N) is 3. The lowest BCUT2D eigenvalue weighted by Gasteiger charge is -2.15. The fourth-order valence-corrected chi connectivity index (χ4v) is 4.84. The number of hydrogen-bond acceptors (Lipinski definition) is 6. The molecule has 1 amide bonds. The van der Waals surface area contributed by atoms with E-state index in [-0.39, 0.29) is 11.2 Å². The first-order valence-corrected chi connectivity index (χ1v) is 10.6. The number of methoxy groups -OCH3 is 1. The topological polar surface area (TPSA) is 68.5 Å². The third-order valence-corrected chi connectivity index (χ3v) is 6.76. The first-order chi connectivity index (χ1) is 13.5. The molecule has 2 aromatic carbocycles. The standard InChI is InChI=1S/C19H17ClN4O2S2/c1-10-8-13(15(26-3)9-12(10)20)21-17(25)11(2)27-18-22-23-19-24(18)14-6-4-5-7-16(14)28-19/h4-9,11H,1-3H3,(H,21,25)/t11-/m0/s1. The number of para-hydroxylation sites is 1. The third kappa shape index (κ3) is 3.43. The second-order valence-corrected chi connectivity index (χ2v) is 8.95. The maximum Gasteiger partial charge on any atom is 0.237 e. The monoisotopic (exact) mass is 432 g/mol. The van der Waals surface area contributed by atoms with Crippen molar-refractivity contribution in [1.82, 2.24) is 14.6 Å². The van der Waals surface area contributed by atoms with Crippen LogP contribution < -0.4 is 10.1 Å². The van der Waals surface area contributed by atoms with E-state index in [4.69, 9.17) is 16.3 Å². The van der Waals surface area contributed by atoms with Crippen LogP contribution in [-0.4, -0.2) is 32.9 Å². The lowest BCUT2D eigenvalue weighted by atomic mass is 10.2. The Morgan fingerprint density at radius 2 is 2.11 bits per heavy atom. The number of ether oxygens (including phenoxy) is 1. The number of fused-ring (bicyclic) bond motifs is 3. The molecule has 28 heavy (non-hydrogen) atoms. The Hall–Kier alpha value is -2.29. The fourth-order valence-electron chi connectivity index (χ4n) is 2.81. The predicted molar refractivity (Wildman–Crippen MR) is 115 cm³/mol. The van der Waals surface area contributed by atoms with Crippen LogP contribution in [0.3, 0.4) is 0 Å². The van der Waals surface area contributed by atoms with Gasteiger partial charge < -0.3 is 10.1 Å². The molecule has 1 atom stereocenters. The summed E-state index contributed by atoms with van der Waals surface area (Å²) >= 11 is 9.08. The molecular formula is C19H17ClN4O2S2. The van der Waals surface area contributed by atoms with E-state index in [1.807, 2.05) is 36.4 Å². The molecule has 1 N–H and O–H groups in total. The Balaban J connectivity index is 1.57. The van der Waals surface area contributed by atoms with Gasteiger partial charge in [-0.1, -0.05) is 46.8 Å². The Morgan fingerprint density at radius 1 is 1.32 bits per heavy atom. The summed E-state index contributed by atoms with van der Waals surface area (Å²) in [5.74, 6) is 0.371. The summed E-state index contributed by atoms with van der Waals surface area (Å²) in [7, 11) is 1.55. The number of carbonyl (C=O) groups excluding carboxylic acids is 1. The van der Waals surface area contributed by atoms with Crippen molar-refractivity contribution in [3.63, 3.8) is 0 Å². The van der Waals surface area contributed by atoms with Crippen molar-refractivity contribution >= 4 is 61.5 Å². The number of benzene rings is 2. The van der Waals surface area contributed by atoms with E-state index < -0.39 is 0 Å². The molecule has 144 valence electrons. The number of nitrogens with one attached hydrogen (secondary N) is 1. The first-order valence-electron chi connectivity index (χ1n) is 8.52.